The number of nitrogens with zero attached hydrogens (tertiary/aromatic N) is 2. The SMILES string of the molecule is CC(C)C(=N)N1CCN(c2ccccc2)CC1. The smallest absolute Gasteiger partial charge is 0.0985 e. The van der Waals surface area contributed by atoms with Gasteiger partial charge >= 0.3 is 0 Å². The molecule has 0 atom stereocenters. The molecule has 0 unspecified atom stereocenters. The van der Waals surface area contributed by atoms with E-state index in [1.807, 2.05) is 6.07 Å². The fourth-order valence-corrected chi connectivity index (χ4v) is 2.21. The molecule has 17 heavy (non-hydrogen) atoms. The van der Waals surface area contributed by atoms with Crippen LogP contribution in [0.1, 0.15) is 13.8 Å². The van der Waals surface area contributed by atoms with E-state index in [1.54, 1.807) is 0 Å². The van der Waals surface area contributed by atoms with Crippen LogP contribution in [0.15, 0.2) is 30.3 Å². The van der Waals surface area contributed by atoms with Crippen molar-refractivity contribution in [3.05, 3.63) is 30.3 Å². The summed E-state index contributed by atoms with van der Waals surface area (Å²) in [6.45, 7) is 8.13. The van der Waals surface area contributed by atoms with Gasteiger partial charge in [-0.25, -0.2) is 0 Å². The van der Waals surface area contributed by atoms with Crippen LogP contribution in [0.2, 0.25) is 0 Å². The van der Waals surface area contributed by atoms with Crippen LogP contribution < -0.4 is 4.90 Å². The van der Waals surface area contributed by atoms with Crippen LogP contribution in [0, 0.1) is 11.3 Å². The van der Waals surface area contributed by atoms with Crippen molar-refractivity contribution in [1.29, 1.82) is 5.41 Å². The first-order chi connectivity index (χ1) is 8.18. The monoisotopic (exact) mass is 231 g/mol. The highest BCUT2D eigenvalue weighted by Crippen LogP contribution is 2.16. The number of benzene rings is 1. The maximum atomic E-state index is 8.02. The Hall–Kier alpha value is -1.51. The van der Waals surface area contributed by atoms with E-state index in [4.69, 9.17) is 5.41 Å². The number of rotatable bonds is 2. The average Bonchev–Trinajstić information content (AvgIpc) is 2.39. The first kappa shape index (κ1) is 12.0. The number of amidine groups is 1. The van der Waals surface area contributed by atoms with Gasteiger partial charge in [0, 0.05) is 37.8 Å². The molecule has 0 aromatic heterocycles. The van der Waals surface area contributed by atoms with Gasteiger partial charge in [0.2, 0.25) is 0 Å². The lowest BCUT2D eigenvalue weighted by atomic mass is 10.1. The van der Waals surface area contributed by atoms with E-state index in [-0.39, 0.29) is 0 Å². The highest BCUT2D eigenvalue weighted by atomic mass is 15.3. The van der Waals surface area contributed by atoms with Crippen LogP contribution in [0.5, 0.6) is 0 Å². The van der Waals surface area contributed by atoms with Gasteiger partial charge in [-0.2, -0.15) is 0 Å². The van der Waals surface area contributed by atoms with Crippen molar-refractivity contribution < 1.29 is 0 Å². The van der Waals surface area contributed by atoms with E-state index >= 15 is 0 Å². The van der Waals surface area contributed by atoms with Gasteiger partial charge in [0.1, 0.15) is 0 Å². The fourth-order valence-electron chi connectivity index (χ4n) is 2.21. The van der Waals surface area contributed by atoms with E-state index in [9.17, 15) is 0 Å². The largest absolute Gasteiger partial charge is 0.368 e. The molecule has 1 aliphatic heterocycles. The Morgan fingerprint density at radius 2 is 1.65 bits per heavy atom. The molecule has 0 amide bonds. The van der Waals surface area contributed by atoms with E-state index < -0.39 is 0 Å². The second kappa shape index (κ2) is 5.21. The summed E-state index contributed by atoms with van der Waals surface area (Å²) < 4.78 is 0. The Morgan fingerprint density at radius 1 is 1.06 bits per heavy atom. The van der Waals surface area contributed by atoms with Crippen molar-refractivity contribution in [2.45, 2.75) is 13.8 Å². The predicted molar refractivity (Wildman–Crippen MR) is 72.8 cm³/mol. The van der Waals surface area contributed by atoms with Gasteiger partial charge in [-0.05, 0) is 12.1 Å². The lowest BCUT2D eigenvalue weighted by Gasteiger charge is -2.38. The summed E-state index contributed by atoms with van der Waals surface area (Å²) in [6, 6.07) is 10.5. The molecule has 0 radical (unpaired) electrons. The number of piperazine rings is 1. The van der Waals surface area contributed by atoms with Gasteiger partial charge in [-0.3, -0.25) is 5.41 Å². The van der Waals surface area contributed by atoms with Gasteiger partial charge in [0.25, 0.3) is 0 Å². The maximum Gasteiger partial charge on any atom is 0.0985 e. The van der Waals surface area contributed by atoms with Crippen LogP contribution in [0.4, 0.5) is 5.69 Å². The minimum Gasteiger partial charge on any atom is -0.368 e. The van der Waals surface area contributed by atoms with Crippen molar-refractivity contribution in [2.75, 3.05) is 31.1 Å². The van der Waals surface area contributed by atoms with E-state index in [0.717, 1.165) is 32.0 Å². The minimum atomic E-state index is 0.332. The number of hydrogen-bond donors (Lipinski definition) is 1. The summed E-state index contributed by atoms with van der Waals surface area (Å²) in [5, 5.41) is 8.02. The molecule has 0 bridgehead atoms. The topological polar surface area (TPSA) is 30.3 Å². The highest BCUT2D eigenvalue weighted by Gasteiger charge is 2.20. The van der Waals surface area contributed by atoms with Crippen molar-refractivity contribution in [2.24, 2.45) is 5.92 Å². The molecular weight excluding hydrogens is 210 g/mol. The standard InChI is InChI=1S/C14H21N3/c1-12(2)14(15)17-10-8-16(9-11-17)13-6-4-3-5-7-13/h3-7,12,15H,8-11H2,1-2H3. The zero-order valence-corrected chi connectivity index (χ0v) is 10.7. The lowest BCUT2D eigenvalue weighted by molar-refractivity contribution is 0.368. The Labute approximate surface area is 104 Å². The van der Waals surface area contributed by atoms with Crippen LogP contribution in [0.25, 0.3) is 0 Å². The molecule has 2 rings (SSSR count). The third kappa shape index (κ3) is 2.78. The van der Waals surface area contributed by atoms with Crippen LogP contribution in [0.3, 0.4) is 0 Å². The van der Waals surface area contributed by atoms with Gasteiger partial charge < -0.3 is 9.80 Å². The summed E-state index contributed by atoms with van der Waals surface area (Å²) in [4.78, 5) is 4.59. The minimum absolute atomic E-state index is 0.332. The second-order valence-electron chi connectivity index (χ2n) is 4.85. The molecule has 0 spiro atoms. The summed E-state index contributed by atoms with van der Waals surface area (Å²) in [5.74, 6) is 1.11. The lowest BCUT2D eigenvalue weighted by Crippen LogP contribution is -2.49. The summed E-state index contributed by atoms with van der Waals surface area (Å²) in [7, 11) is 0. The third-order valence-electron chi connectivity index (χ3n) is 3.29. The molecule has 1 heterocycles. The van der Waals surface area contributed by atoms with Crippen molar-refractivity contribution in [3.63, 3.8) is 0 Å². The molecular formula is C14H21N3. The third-order valence-corrected chi connectivity index (χ3v) is 3.29. The average molecular weight is 231 g/mol. The highest BCUT2D eigenvalue weighted by molar-refractivity contribution is 5.81. The predicted octanol–water partition coefficient (Wildman–Crippen LogP) is 2.44. The first-order valence-corrected chi connectivity index (χ1v) is 6.32. The van der Waals surface area contributed by atoms with Gasteiger partial charge in [-0.1, -0.05) is 32.0 Å². The molecule has 3 nitrogen and oxygen atoms in total. The van der Waals surface area contributed by atoms with Crippen molar-refractivity contribution in [1.82, 2.24) is 4.90 Å². The Morgan fingerprint density at radius 3 is 2.18 bits per heavy atom. The van der Waals surface area contributed by atoms with Crippen LogP contribution >= 0.6 is 0 Å². The molecule has 1 fully saturated rings. The zero-order chi connectivity index (χ0) is 12.3. The molecule has 0 saturated carbocycles. The van der Waals surface area contributed by atoms with Gasteiger partial charge in [0.05, 0.1) is 5.84 Å². The van der Waals surface area contributed by atoms with E-state index in [0.29, 0.717) is 5.92 Å². The molecule has 1 saturated heterocycles. The quantitative estimate of drug-likeness (QED) is 0.626. The zero-order valence-electron chi connectivity index (χ0n) is 10.7. The molecule has 92 valence electrons. The maximum absolute atomic E-state index is 8.02. The first-order valence-electron chi connectivity index (χ1n) is 6.32. The summed E-state index contributed by atoms with van der Waals surface area (Å²) in [5.41, 5.74) is 1.29. The van der Waals surface area contributed by atoms with Crippen molar-refractivity contribution >= 4 is 11.5 Å². The van der Waals surface area contributed by atoms with E-state index in [1.165, 1.54) is 5.69 Å². The molecule has 1 N–H and O–H groups in total. The summed E-state index contributed by atoms with van der Waals surface area (Å²) in [6.07, 6.45) is 0. The fraction of sp³-hybridized carbons (Fsp3) is 0.500. The van der Waals surface area contributed by atoms with E-state index in [2.05, 4.69) is 47.9 Å². The summed E-state index contributed by atoms with van der Waals surface area (Å²) >= 11 is 0. The van der Waals surface area contributed by atoms with Gasteiger partial charge in [-0.15, -0.1) is 0 Å². The second-order valence-corrected chi connectivity index (χ2v) is 4.85. The molecule has 3 heteroatoms. The molecule has 1 aliphatic rings. The number of anilines is 1. The number of hydrogen-bond acceptors (Lipinski definition) is 2. The van der Waals surface area contributed by atoms with Crippen molar-refractivity contribution in [3.8, 4) is 0 Å². The Kier molecular flexibility index (Phi) is 3.67. The molecule has 1 aromatic rings. The number of nitrogens with one attached hydrogen (secondary N) is 1. The molecule has 1 aromatic carbocycles. The number of para-hydroxylation sites is 1. The molecule has 0 aliphatic carbocycles. The van der Waals surface area contributed by atoms with Gasteiger partial charge in [0.15, 0.2) is 0 Å². The van der Waals surface area contributed by atoms with Crippen LogP contribution in [-0.2, 0) is 0 Å². The Balaban J connectivity index is 1.93. The Bertz CT molecular complexity index is 364. The normalized spacial score (nSPS) is 16.4. The van der Waals surface area contributed by atoms with Crippen LogP contribution in [-0.4, -0.2) is 36.9 Å².